The van der Waals surface area contributed by atoms with Crippen LogP contribution in [-0.4, -0.2) is 28.5 Å². The monoisotopic (exact) mass is 401 g/mol. The molecular formula is C22H28ClN3O2. The van der Waals surface area contributed by atoms with E-state index in [1.165, 1.54) is 19.3 Å². The number of piperidine rings is 1. The molecule has 3 aromatic rings. The topological polar surface area (TPSA) is 64.4 Å². The summed E-state index contributed by atoms with van der Waals surface area (Å²) in [6, 6.07) is 8.47. The van der Waals surface area contributed by atoms with Crippen molar-refractivity contribution in [2.24, 2.45) is 5.73 Å². The summed E-state index contributed by atoms with van der Waals surface area (Å²) in [7, 11) is 0. The first-order valence-electron chi connectivity index (χ1n) is 10.2. The third kappa shape index (κ3) is 3.53. The van der Waals surface area contributed by atoms with Gasteiger partial charge in [0.15, 0.2) is 5.58 Å². The third-order valence-corrected chi connectivity index (χ3v) is 6.03. The molecule has 1 aliphatic heterocycles. The van der Waals surface area contributed by atoms with Crippen LogP contribution in [0.5, 0.6) is 0 Å². The highest BCUT2D eigenvalue weighted by Crippen LogP contribution is 2.39. The molecule has 5 nitrogen and oxygen atoms in total. The predicted octanol–water partition coefficient (Wildman–Crippen LogP) is 5.41. The fourth-order valence-electron chi connectivity index (χ4n) is 4.53. The summed E-state index contributed by atoms with van der Waals surface area (Å²) >= 11 is 6.25. The van der Waals surface area contributed by atoms with Crippen LogP contribution in [-0.2, 0) is 4.79 Å². The van der Waals surface area contributed by atoms with Crippen LogP contribution in [0, 0.1) is 0 Å². The molecule has 6 heteroatoms. The number of amides is 1. The predicted molar refractivity (Wildman–Crippen MR) is 114 cm³/mol. The number of primary amides is 1. The van der Waals surface area contributed by atoms with E-state index in [0.29, 0.717) is 12.8 Å². The van der Waals surface area contributed by atoms with E-state index < -0.39 is 0 Å². The average molecular weight is 402 g/mol. The number of carbonyl (C=O) groups is 1. The fraction of sp³-hybridized carbons (Fsp3) is 0.500. The third-order valence-electron chi connectivity index (χ3n) is 5.80. The van der Waals surface area contributed by atoms with E-state index in [1.807, 2.05) is 18.2 Å². The average Bonchev–Trinajstić information content (AvgIpc) is 3.18. The maximum Gasteiger partial charge on any atom is 0.217 e. The van der Waals surface area contributed by atoms with Crippen LogP contribution in [0.15, 0.2) is 28.7 Å². The Morgan fingerprint density at radius 2 is 1.93 bits per heavy atom. The van der Waals surface area contributed by atoms with Crippen LogP contribution < -0.4 is 5.73 Å². The van der Waals surface area contributed by atoms with Crippen LogP contribution in [0.4, 0.5) is 0 Å². The van der Waals surface area contributed by atoms with Crippen molar-refractivity contribution < 1.29 is 9.21 Å². The summed E-state index contributed by atoms with van der Waals surface area (Å²) in [5.74, 6) is 0.671. The number of likely N-dealkylation sites (tertiary alicyclic amines) is 1. The Bertz CT molecular complexity index is 998. The minimum Gasteiger partial charge on any atom is -0.457 e. The molecule has 3 heterocycles. The first-order valence-corrected chi connectivity index (χ1v) is 10.6. The zero-order valence-electron chi connectivity index (χ0n) is 16.6. The Kier molecular flexibility index (Phi) is 5.39. The lowest BCUT2D eigenvalue weighted by atomic mass is 10.0. The Hall–Kier alpha value is -1.98. The molecule has 1 aliphatic rings. The van der Waals surface area contributed by atoms with Crippen molar-refractivity contribution in [3.05, 3.63) is 35.0 Å². The summed E-state index contributed by atoms with van der Waals surface area (Å²) in [4.78, 5) is 13.9. The zero-order valence-corrected chi connectivity index (χ0v) is 17.3. The highest BCUT2D eigenvalue weighted by Gasteiger charge is 2.27. The molecule has 2 N–H and O–H groups in total. The van der Waals surface area contributed by atoms with Crippen molar-refractivity contribution in [2.75, 3.05) is 13.1 Å². The van der Waals surface area contributed by atoms with Crippen molar-refractivity contribution in [3.63, 3.8) is 0 Å². The number of benzene rings is 1. The number of fused-ring (bicyclic) bond motifs is 3. The standard InChI is InChI=1S/C22H28ClN3O2/c1-14(2)26-18-12-15(23)6-7-16(18)22-19(26)13-20(28-22)17(8-9-21(24)27)25-10-4-3-5-11-25/h6-7,12-14,17H,3-5,8-11H2,1-2H3,(H2,24,27). The molecule has 1 aromatic carbocycles. The van der Waals surface area contributed by atoms with Gasteiger partial charge in [0, 0.05) is 28.9 Å². The minimum absolute atomic E-state index is 0.0863. The largest absolute Gasteiger partial charge is 0.457 e. The summed E-state index contributed by atoms with van der Waals surface area (Å²) < 4.78 is 8.72. The van der Waals surface area contributed by atoms with Crippen molar-refractivity contribution in [1.29, 1.82) is 0 Å². The second-order valence-corrected chi connectivity index (χ2v) is 8.54. The molecule has 4 rings (SSSR count). The van der Waals surface area contributed by atoms with Gasteiger partial charge in [0.1, 0.15) is 5.76 Å². The Morgan fingerprint density at radius 3 is 2.61 bits per heavy atom. The molecule has 1 amide bonds. The molecule has 28 heavy (non-hydrogen) atoms. The number of nitrogens with two attached hydrogens (primary N) is 1. The maximum atomic E-state index is 11.4. The summed E-state index contributed by atoms with van der Waals surface area (Å²) in [6.45, 7) is 6.41. The molecule has 1 saturated heterocycles. The van der Waals surface area contributed by atoms with Gasteiger partial charge in [-0.25, -0.2) is 0 Å². The van der Waals surface area contributed by atoms with E-state index in [1.54, 1.807) is 0 Å². The number of hydrogen-bond donors (Lipinski definition) is 1. The lowest BCUT2D eigenvalue weighted by Crippen LogP contribution is -2.34. The zero-order chi connectivity index (χ0) is 19.8. The lowest BCUT2D eigenvalue weighted by Gasteiger charge is -2.33. The van der Waals surface area contributed by atoms with Crippen LogP contribution in [0.3, 0.4) is 0 Å². The molecule has 150 valence electrons. The molecule has 0 bridgehead atoms. The van der Waals surface area contributed by atoms with Gasteiger partial charge in [-0.3, -0.25) is 9.69 Å². The van der Waals surface area contributed by atoms with Crippen LogP contribution >= 0.6 is 11.6 Å². The normalized spacial score (nSPS) is 17.0. The van der Waals surface area contributed by atoms with Crippen molar-refractivity contribution in [2.45, 2.75) is 58.0 Å². The van der Waals surface area contributed by atoms with Crippen molar-refractivity contribution in [3.8, 4) is 0 Å². The van der Waals surface area contributed by atoms with Crippen LogP contribution in [0.25, 0.3) is 22.0 Å². The molecule has 2 aromatic heterocycles. The fourth-order valence-corrected chi connectivity index (χ4v) is 4.70. The van der Waals surface area contributed by atoms with E-state index in [9.17, 15) is 4.79 Å². The van der Waals surface area contributed by atoms with Crippen molar-refractivity contribution >= 4 is 39.5 Å². The Morgan fingerprint density at radius 1 is 1.18 bits per heavy atom. The summed E-state index contributed by atoms with van der Waals surface area (Å²) in [5, 5.41) is 1.80. The number of halogens is 1. The number of furan rings is 1. The number of aromatic nitrogens is 1. The Labute approximate surface area is 170 Å². The molecular weight excluding hydrogens is 374 g/mol. The quantitative estimate of drug-likeness (QED) is 0.600. The van der Waals surface area contributed by atoms with Gasteiger partial charge in [0.2, 0.25) is 5.91 Å². The number of carbonyl (C=O) groups excluding carboxylic acids is 1. The van der Waals surface area contributed by atoms with Gasteiger partial charge in [-0.05, 0) is 64.4 Å². The lowest BCUT2D eigenvalue weighted by molar-refractivity contribution is -0.118. The van der Waals surface area contributed by atoms with Gasteiger partial charge < -0.3 is 14.7 Å². The molecule has 0 aliphatic carbocycles. The maximum absolute atomic E-state index is 11.4. The van der Waals surface area contributed by atoms with Crippen LogP contribution in [0.2, 0.25) is 5.02 Å². The molecule has 1 unspecified atom stereocenters. The van der Waals surface area contributed by atoms with E-state index in [2.05, 4.69) is 29.4 Å². The summed E-state index contributed by atoms with van der Waals surface area (Å²) in [6.07, 6.45) is 4.70. The molecule has 1 fully saturated rings. The van der Waals surface area contributed by atoms with Gasteiger partial charge in [0.05, 0.1) is 17.1 Å². The number of hydrogen-bond acceptors (Lipinski definition) is 3. The van der Waals surface area contributed by atoms with E-state index in [0.717, 1.165) is 45.9 Å². The van der Waals surface area contributed by atoms with Crippen molar-refractivity contribution in [1.82, 2.24) is 9.47 Å². The van der Waals surface area contributed by atoms with E-state index >= 15 is 0 Å². The first kappa shape index (κ1) is 19.3. The van der Waals surface area contributed by atoms with Gasteiger partial charge in [-0.15, -0.1) is 0 Å². The minimum atomic E-state index is -0.259. The van der Waals surface area contributed by atoms with Crippen LogP contribution in [0.1, 0.15) is 63.8 Å². The number of rotatable bonds is 6. The van der Waals surface area contributed by atoms with Gasteiger partial charge in [-0.2, -0.15) is 0 Å². The van der Waals surface area contributed by atoms with Gasteiger partial charge in [0.25, 0.3) is 0 Å². The smallest absolute Gasteiger partial charge is 0.217 e. The van der Waals surface area contributed by atoms with Gasteiger partial charge in [-0.1, -0.05) is 18.0 Å². The van der Waals surface area contributed by atoms with E-state index in [4.69, 9.17) is 21.8 Å². The SMILES string of the molecule is CC(C)n1c2cc(Cl)ccc2c2oc(C(CCC(N)=O)N3CCCCC3)cc21. The molecule has 0 spiro atoms. The highest BCUT2D eigenvalue weighted by molar-refractivity contribution is 6.31. The second kappa shape index (κ2) is 7.80. The highest BCUT2D eigenvalue weighted by atomic mass is 35.5. The van der Waals surface area contributed by atoms with E-state index in [-0.39, 0.29) is 18.0 Å². The number of nitrogens with zero attached hydrogens (tertiary/aromatic N) is 2. The second-order valence-electron chi connectivity index (χ2n) is 8.11. The van der Waals surface area contributed by atoms with Gasteiger partial charge >= 0.3 is 0 Å². The molecule has 0 radical (unpaired) electrons. The summed E-state index contributed by atoms with van der Waals surface area (Å²) in [5.41, 5.74) is 8.53. The first-order chi connectivity index (χ1) is 13.5. The Balaban J connectivity index is 1.81. The molecule has 0 saturated carbocycles. The molecule has 1 atom stereocenters.